The van der Waals surface area contributed by atoms with E-state index in [1.165, 1.54) is 30.4 Å². The van der Waals surface area contributed by atoms with Crippen LogP contribution in [0.2, 0.25) is 0 Å². The zero-order chi connectivity index (χ0) is 14.2. The first-order valence-corrected chi connectivity index (χ1v) is 8.35. The van der Waals surface area contributed by atoms with Gasteiger partial charge in [-0.05, 0) is 52.4 Å². The lowest BCUT2D eigenvalue weighted by Gasteiger charge is -2.37. The van der Waals surface area contributed by atoms with Gasteiger partial charge in [0.05, 0.1) is 4.47 Å². The van der Waals surface area contributed by atoms with Crippen molar-refractivity contribution in [3.05, 3.63) is 21.7 Å². The molecule has 0 aromatic heterocycles. The summed E-state index contributed by atoms with van der Waals surface area (Å²) in [4.78, 5) is 0. The van der Waals surface area contributed by atoms with Crippen molar-refractivity contribution in [3.8, 4) is 11.5 Å². The fourth-order valence-electron chi connectivity index (χ4n) is 3.43. The minimum Gasteiger partial charge on any atom is -0.486 e. The Hall–Kier alpha value is -0.740. The van der Waals surface area contributed by atoms with E-state index in [1.54, 1.807) is 0 Å². The smallest absolute Gasteiger partial charge is 0.175 e. The summed E-state index contributed by atoms with van der Waals surface area (Å²) < 4.78 is 12.6. The molecule has 1 fully saturated rings. The van der Waals surface area contributed by atoms with Gasteiger partial charge in [-0.1, -0.05) is 26.2 Å². The molecule has 0 atom stereocenters. The van der Waals surface area contributed by atoms with Crippen molar-refractivity contribution in [2.75, 3.05) is 13.2 Å². The number of hydrogen-bond donors (Lipinski definition) is 1. The predicted octanol–water partition coefficient (Wildman–Crippen LogP) is 3.90. The molecule has 0 saturated heterocycles. The zero-order valence-electron chi connectivity index (χ0n) is 12.0. The molecule has 4 heteroatoms. The second kappa shape index (κ2) is 5.57. The molecule has 3 nitrogen and oxygen atoms in total. The van der Waals surface area contributed by atoms with Crippen LogP contribution in [-0.2, 0) is 12.0 Å². The van der Waals surface area contributed by atoms with Crippen molar-refractivity contribution in [2.45, 2.75) is 51.0 Å². The minimum atomic E-state index is -0.206. The highest BCUT2D eigenvalue weighted by Crippen LogP contribution is 2.46. The molecule has 3 rings (SSSR count). The van der Waals surface area contributed by atoms with Gasteiger partial charge in [-0.25, -0.2) is 0 Å². The second-order valence-electron chi connectivity index (χ2n) is 5.81. The molecule has 1 heterocycles. The summed E-state index contributed by atoms with van der Waals surface area (Å²) in [5.41, 5.74) is 9.06. The molecule has 0 bridgehead atoms. The Kier molecular flexibility index (Phi) is 3.95. The van der Waals surface area contributed by atoms with Crippen LogP contribution in [0.5, 0.6) is 11.5 Å². The molecule has 20 heavy (non-hydrogen) atoms. The number of ether oxygens (including phenoxy) is 2. The van der Waals surface area contributed by atoms with Gasteiger partial charge in [0, 0.05) is 5.54 Å². The van der Waals surface area contributed by atoms with E-state index in [9.17, 15) is 0 Å². The highest BCUT2D eigenvalue weighted by Gasteiger charge is 2.34. The molecule has 1 aliphatic heterocycles. The van der Waals surface area contributed by atoms with Gasteiger partial charge in [-0.15, -0.1) is 0 Å². The van der Waals surface area contributed by atoms with Crippen LogP contribution in [0.4, 0.5) is 0 Å². The molecule has 1 aromatic carbocycles. The maximum absolute atomic E-state index is 6.74. The Labute approximate surface area is 129 Å². The van der Waals surface area contributed by atoms with Crippen LogP contribution in [0.15, 0.2) is 10.5 Å². The van der Waals surface area contributed by atoms with Gasteiger partial charge < -0.3 is 15.2 Å². The molecular formula is C16H22BrNO2. The monoisotopic (exact) mass is 339 g/mol. The molecule has 110 valence electrons. The lowest BCUT2D eigenvalue weighted by atomic mass is 9.75. The summed E-state index contributed by atoms with van der Waals surface area (Å²) in [7, 11) is 0. The van der Waals surface area contributed by atoms with Crippen LogP contribution >= 0.6 is 15.9 Å². The van der Waals surface area contributed by atoms with Crippen molar-refractivity contribution in [3.63, 3.8) is 0 Å². The molecule has 1 aliphatic carbocycles. The predicted molar refractivity (Wildman–Crippen MR) is 83.5 cm³/mol. The third kappa shape index (κ3) is 2.33. The first-order chi connectivity index (χ1) is 9.65. The first-order valence-electron chi connectivity index (χ1n) is 7.56. The van der Waals surface area contributed by atoms with Crippen LogP contribution in [0, 0.1) is 0 Å². The topological polar surface area (TPSA) is 44.5 Å². The third-order valence-corrected chi connectivity index (χ3v) is 5.35. The first kappa shape index (κ1) is 14.2. The third-order valence-electron chi connectivity index (χ3n) is 4.51. The van der Waals surface area contributed by atoms with Gasteiger partial charge >= 0.3 is 0 Å². The molecule has 1 saturated carbocycles. The van der Waals surface area contributed by atoms with E-state index in [2.05, 4.69) is 28.9 Å². The minimum absolute atomic E-state index is 0.206. The zero-order valence-corrected chi connectivity index (χ0v) is 13.6. The van der Waals surface area contributed by atoms with Crippen molar-refractivity contribution in [1.82, 2.24) is 0 Å². The van der Waals surface area contributed by atoms with Crippen LogP contribution in [0.1, 0.15) is 50.2 Å². The summed E-state index contributed by atoms with van der Waals surface area (Å²) in [5.74, 6) is 1.68. The molecular weight excluding hydrogens is 318 g/mol. The van der Waals surface area contributed by atoms with E-state index < -0.39 is 0 Å². The number of halogens is 1. The molecule has 0 spiro atoms. The molecule has 1 aromatic rings. The maximum atomic E-state index is 6.74. The Bertz CT molecular complexity index is 510. The summed E-state index contributed by atoms with van der Waals surface area (Å²) in [6.45, 7) is 3.40. The van der Waals surface area contributed by atoms with Crippen LogP contribution in [-0.4, -0.2) is 13.2 Å². The van der Waals surface area contributed by atoms with Crippen molar-refractivity contribution in [2.24, 2.45) is 5.73 Å². The Morgan fingerprint density at radius 1 is 1.20 bits per heavy atom. The summed E-state index contributed by atoms with van der Waals surface area (Å²) >= 11 is 3.71. The Morgan fingerprint density at radius 3 is 2.60 bits per heavy atom. The lowest BCUT2D eigenvalue weighted by molar-refractivity contribution is 0.169. The Balaban J connectivity index is 2.11. The second-order valence-corrected chi connectivity index (χ2v) is 6.60. The van der Waals surface area contributed by atoms with Crippen LogP contribution < -0.4 is 15.2 Å². The molecule has 2 aliphatic rings. The molecule has 0 amide bonds. The molecule has 0 unspecified atom stereocenters. The lowest BCUT2D eigenvalue weighted by Crippen LogP contribution is -2.39. The highest BCUT2D eigenvalue weighted by molar-refractivity contribution is 9.10. The summed E-state index contributed by atoms with van der Waals surface area (Å²) in [5, 5.41) is 0. The van der Waals surface area contributed by atoms with Gasteiger partial charge in [0.15, 0.2) is 11.5 Å². The SMILES string of the molecule is CCc1c(C2(N)CCCCC2)cc2c(c1Br)OCCO2. The number of hydrogen-bond acceptors (Lipinski definition) is 3. The summed E-state index contributed by atoms with van der Waals surface area (Å²) in [6.07, 6.45) is 6.80. The average Bonchev–Trinajstić information content (AvgIpc) is 2.48. The van der Waals surface area contributed by atoms with Crippen LogP contribution in [0.3, 0.4) is 0 Å². The van der Waals surface area contributed by atoms with E-state index >= 15 is 0 Å². The summed E-state index contributed by atoms with van der Waals surface area (Å²) in [6, 6.07) is 2.13. The number of rotatable bonds is 2. The van der Waals surface area contributed by atoms with E-state index in [-0.39, 0.29) is 5.54 Å². The maximum Gasteiger partial charge on any atom is 0.175 e. The standard InChI is InChI=1S/C16H22BrNO2/c1-2-11-12(16(18)6-4-3-5-7-16)10-13-15(14(11)17)20-9-8-19-13/h10H,2-9,18H2,1H3. The quantitative estimate of drug-likeness (QED) is 0.888. The van der Waals surface area contributed by atoms with E-state index in [0.717, 1.165) is 35.2 Å². The number of benzene rings is 1. The van der Waals surface area contributed by atoms with E-state index in [1.807, 2.05) is 0 Å². The fourth-order valence-corrected chi connectivity index (χ4v) is 4.23. The van der Waals surface area contributed by atoms with Gasteiger partial charge in [0.25, 0.3) is 0 Å². The molecule has 2 N–H and O–H groups in total. The highest BCUT2D eigenvalue weighted by atomic mass is 79.9. The van der Waals surface area contributed by atoms with Gasteiger partial charge in [0.1, 0.15) is 13.2 Å². The average molecular weight is 340 g/mol. The van der Waals surface area contributed by atoms with Gasteiger partial charge in [-0.2, -0.15) is 0 Å². The van der Waals surface area contributed by atoms with E-state index in [0.29, 0.717) is 13.2 Å². The number of fused-ring (bicyclic) bond motifs is 1. The van der Waals surface area contributed by atoms with E-state index in [4.69, 9.17) is 15.2 Å². The molecule has 0 radical (unpaired) electrons. The Morgan fingerprint density at radius 2 is 1.90 bits per heavy atom. The van der Waals surface area contributed by atoms with Crippen molar-refractivity contribution < 1.29 is 9.47 Å². The normalized spacial score (nSPS) is 20.8. The largest absolute Gasteiger partial charge is 0.486 e. The van der Waals surface area contributed by atoms with Crippen LogP contribution in [0.25, 0.3) is 0 Å². The van der Waals surface area contributed by atoms with Crippen molar-refractivity contribution in [1.29, 1.82) is 0 Å². The fraction of sp³-hybridized carbons (Fsp3) is 0.625. The van der Waals surface area contributed by atoms with Gasteiger partial charge in [-0.3, -0.25) is 0 Å². The number of nitrogens with two attached hydrogens (primary N) is 1. The van der Waals surface area contributed by atoms with Gasteiger partial charge in [0.2, 0.25) is 0 Å². The van der Waals surface area contributed by atoms with Crippen molar-refractivity contribution >= 4 is 15.9 Å².